The summed E-state index contributed by atoms with van der Waals surface area (Å²) in [6.45, 7) is 3.74. The molecule has 0 spiro atoms. The average Bonchev–Trinajstić information content (AvgIpc) is 2.88. The number of ketones is 1. The summed E-state index contributed by atoms with van der Waals surface area (Å²) < 4.78 is 10.4. The van der Waals surface area contributed by atoms with Gasteiger partial charge in [0.25, 0.3) is 5.91 Å². The summed E-state index contributed by atoms with van der Waals surface area (Å²) >= 11 is 0. The number of anilines is 1. The first-order valence-electron chi connectivity index (χ1n) is 8.74. The van der Waals surface area contributed by atoms with Crippen LogP contribution in [0.25, 0.3) is 0 Å². The molecular formula is C21H23NO5. The van der Waals surface area contributed by atoms with Gasteiger partial charge in [-0.15, -0.1) is 0 Å². The second-order valence-electron chi connectivity index (χ2n) is 6.81. The zero-order valence-corrected chi connectivity index (χ0v) is 15.9. The van der Waals surface area contributed by atoms with Crippen molar-refractivity contribution in [3.63, 3.8) is 0 Å². The van der Waals surface area contributed by atoms with Crippen LogP contribution in [0.5, 0.6) is 11.5 Å². The van der Waals surface area contributed by atoms with Crippen LogP contribution in [0.3, 0.4) is 0 Å². The molecule has 0 bridgehead atoms. The number of amides is 1. The van der Waals surface area contributed by atoms with E-state index in [1.54, 1.807) is 36.4 Å². The van der Waals surface area contributed by atoms with E-state index in [4.69, 9.17) is 9.47 Å². The van der Waals surface area contributed by atoms with Crippen LogP contribution >= 0.6 is 0 Å². The molecule has 0 saturated heterocycles. The largest absolute Gasteiger partial charge is 0.497 e. The van der Waals surface area contributed by atoms with Crippen LogP contribution < -0.4 is 14.4 Å². The van der Waals surface area contributed by atoms with E-state index in [2.05, 4.69) is 0 Å². The average molecular weight is 369 g/mol. The number of carbonyl (C=O) groups excluding carboxylic acids is 2. The van der Waals surface area contributed by atoms with E-state index < -0.39 is 11.5 Å². The molecule has 0 unspecified atom stereocenters. The second-order valence-corrected chi connectivity index (χ2v) is 6.81. The summed E-state index contributed by atoms with van der Waals surface area (Å²) in [5, 5.41) is 11.2. The fourth-order valence-corrected chi connectivity index (χ4v) is 3.50. The molecule has 2 aromatic rings. The molecule has 1 aliphatic rings. The molecule has 27 heavy (non-hydrogen) atoms. The lowest BCUT2D eigenvalue weighted by molar-refractivity contribution is -0.136. The summed E-state index contributed by atoms with van der Waals surface area (Å²) in [6.07, 6.45) is -0.366. The Kier molecular flexibility index (Phi) is 4.93. The Bertz CT molecular complexity index is 892. The molecule has 0 radical (unpaired) electrons. The maximum atomic E-state index is 13.0. The number of methoxy groups -OCH3 is 2. The zero-order chi connectivity index (χ0) is 19.8. The molecule has 0 aromatic heterocycles. The smallest absolute Gasteiger partial charge is 0.264 e. The number of ether oxygens (including phenoxy) is 2. The molecule has 1 amide bonds. The quantitative estimate of drug-likeness (QED) is 0.793. The monoisotopic (exact) mass is 369 g/mol. The normalized spacial score (nSPS) is 18.6. The van der Waals surface area contributed by atoms with Crippen LogP contribution in [-0.4, -0.2) is 37.1 Å². The van der Waals surface area contributed by atoms with Gasteiger partial charge in [-0.1, -0.05) is 18.2 Å². The van der Waals surface area contributed by atoms with Gasteiger partial charge in [-0.25, -0.2) is 0 Å². The molecule has 2 aromatic carbocycles. The molecule has 3 rings (SSSR count). The predicted octanol–water partition coefficient (Wildman–Crippen LogP) is 2.92. The molecule has 6 heteroatoms. The van der Waals surface area contributed by atoms with Crippen molar-refractivity contribution < 1.29 is 24.2 Å². The number of nitrogens with zero attached hydrogens (tertiary/aromatic N) is 1. The van der Waals surface area contributed by atoms with Crippen molar-refractivity contribution in [1.82, 2.24) is 0 Å². The van der Waals surface area contributed by atoms with Gasteiger partial charge in [-0.3, -0.25) is 9.59 Å². The van der Waals surface area contributed by atoms with Gasteiger partial charge in [0.2, 0.25) is 0 Å². The van der Waals surface area contributed by atoms with E-state index in [0.29, 0.717) is 28.3 Å². The summed E-state index contributed by atoms with van der Waals surface area (Å²) in [4.78, 5) is 27.5. The van der Waals surface area contributed by atoms with Crippen LogP contribution in [0, 0.1) is 0 Å². The minimum absolute atomic E-state index is 0.140. The third kappa shape index (κ3) is 3.06. The van der Waals surface area contributed by atoms with Gasteiger partial charge in [-0.05, 0) is 32.0 Å². The number of carbonyl (C=O) groups is 2. The molecule has 0 saturated carbocycles. The lowest BCUT2D eigenvalue weighted by atomic mass is 9.88. The molecule has 1 N–H and O–H groups in total. The van der Waals surface area contributed by atoms with Crippen LogP contribution in [-0.2, 0) is 10.4 Å². The lowest BCUT2D eigenvalue weighted by Crippen LogP contribution is -2.44. The maximum Gasteiger partial charge on any atom is 0.264 e. The van der Waals surface area contributed by atoms with Crippen molar-refractivity contribution in [3.05, 3.63) is 53.6 Å². The van der Waals surface area contributed by atoms with Crippen molar-refractivity contribution in [2.45, 2.75) is 31.9 Å². The molecule has 1 atom stereocenters. The first kappa shape index (κ1) is 18.9. The van der Waals surface area contributed by atoms with Crippen LogP contribution in [0.4, 0.5) is 5.69 Å². The Balaban J connectivity index is 2.00. The number of para-hydroxylation sites is 1. The number of Topliss-reactive ketones (excluding diaryl/α,β-unsaturated/α-hetero) is 1. The number of benzene rings is 2. The second kappa shape index (κ2) is 7.04. The highest BCUT2D eigenvalue weighted by Gasteiger charge is 2.51. The van der Waals surface area contributed by atoms with Crippen LogP contribution in [0.15, 0.2) is 42.5 Å². The highest BCUT2D eigenvalue weighted by Crippen LogP contribution is 2.44. The summed E-state index contributed by atoms with van der Waals surface area (Å²) in [5.74, 6) is 0.0167. The van der Waals surface area contributed by atoms with Gasteiger partial charge in [-0.2, -0.15) is 0 Å². The number of fused-ring (bicyclic) bond motifs is 1. The fourth-order valence-electron chi connectivity index (χ4n) is 3.50. The Morgan fingerprint density at radius 2 is 1.85 bits per heavy atom. The maximum absolute atomic E-state index is 13.0. The van der Waals surface area contributed by atoms with Crippen LogP contribution in [0.1, 0.15) is 36.2 Å². The minimum atomic E-state index is -1.90. The number of hydrogen-bond donors (Lipinski definition) is 1. The molecule has 6 nitrogen and oxygen atoms in total. The van der Waals surface area contributed by atoms with Crippen molar-refractivity contribution >= 4 is 17.4 Å². The predicted molar refractivity (Wildman–Crippen MR) is 101 cm³/mol. The van der Waals surface area contributed by atoms with E-state index in [1.807, 2.05) is 19.9 Å². The molecular weight excluding hydrogens is 346 g/mol. The van der Waals surface area contributed by atoms with Crippen molar-refractivity contribution in [3.8, 4) is 11.5 Å². The zero-order valence-electron chi connectivity index (χ0n) is 15.9. The topological polar surface area (TPSA) is 76.1 Å². The van der Waals surface area contributed by atoms with Gasteiger partial charge < -0.3 is 19.5 Å². The van der Waals surface area contributed by atoms with Crippen molar-refractivity contribution in [2.75, 3.05) is 19.1 Å². The van der Waals surface area contributed by atoms with Gasteiger partial charge >= 0.3 is 0 Å². The SMILES string of the molecule is COc1ccc(C(=O)C[C@@]2(O)C(=O)N(C(C)C)c3ccccc32)c(OC)c1. The first-order valence-corrected chi connectivity index (χ1v) is 8.74. The summed E-state index contributed by atoms with van der Waals surface area (Å²) in [5.41, 5.74) is -0.526. The van der Waals surface area contributed by atoms with E-state index >= 15 is 0 Å². The van der Waals surface area contributed by atoms with Gasteiger partial charge in [0.1, 0.15) is 11.5 Å². The summed E-state index contributed by atoms with van der Waals surface area (Å²) in [7, 11) is 2.98. The number of hydrogen-bond acceptors (Lipinski definition) is 5. The summed E-state index contributed by atoms with van der Waals surface area (Å²) in [6, 6.07) is 11.7. The fraction of sp³-hybridized carbons (Fsp3) is 0.333. The van der Waals surface area contributed by atoms with Gasteiger partial charge in [0, 0.05) is 17.7 Å². The molecule has 142 valence electrons. The number of aliphatic hydroxyl groups is 1. The lowest BCUT2D eigenvalue weighted by Gasteiger charge is -2.25. The van der Waals surface area contributed by atoms with E-state index in [-0.39, 0.29) is 18.2 Å². The standard InChI is InChI=1S/C21H23NO5/c1-13(2)22-17-8-6-5-7-16(17)21(25,20(22)24)12-18(23)15-10-9-14(26-3)11-19(15)27-4/h5-11,13,25H,12H2,1-4H3/t21-/m0/s1. The Morgan fingerprint density at radius 3 is 2.48 bits per heavy atom. The van der Waals surface area contributed by atoms with Crippen molar-refractivity contribution in [2.24, 2.45) is 0 Å². The third-order valence-electron chi connectivity index (χ3n) is 4.82. The van der Waals surface area contributed by atoms with E-state index in [9.17, 15) is 14.7 Å². The molecule has 0 aliphatic carbocycles. The molecule has 1 aliphatic heterocycles. The third-order valence-corrected chi connectivity index (χ3v) is 4.82. The van der Waals surface area contributed by atoms with Crippen molar-refractivity contribution in [1.29, 1.82) is 0 Å². The molecule has 1 heterocycles. The Hall–Kier alpha value is -2.86. The van der Waals surface area contributed by atoms with Gasteiger partial charge in [0.05, 0.1) is 31.9 Å². The van der Waals surface area contributed by atoms with Gasteiger partial charge in [0.15, 0.2) is 11.4 Å². The molecule has 0 fully saturated rings. The highest BCUT2D eigenvalue weighted by atomic mass is 16.5. The van der Waals surface area contributed by atoms with E-state index in [0.717, 1.165) is 0 Å². The van der Waals surface area contributed by atoms with Crippen LogP contribution in [0.2, 0.25) is 0 Å². The first-order chi connectivity index (χ1) is 12.8. The Morgan fingerprint density at radius 1 is 1.15 bits per heavy atom. The Labute approximate surface area is 158 Å². The number of rotatable bonds is 6. The minimum Gasteiger partial charge on any atom is -0.497 e. The highest BCUT2D eigenvalue weighted by molar-refractivity contribution is 6.11. The van der Waals surface area contributed by atoms with E-state index in [1.165, 1.54) is 19.1 Å².